The van der Waals surface area contributed by atoms with Crippen LogP contribution in [-0.2, 0) is 9.59 Å². The molecule has 42 heavy (non-hydrogen) atoms. The molecule has 13 nitrogen and oxygen atoms in total. The normalized spacial score (nSPS) is 13.1. The number of hydrogen-bond donors (Lipinski definition) is 4. The molecule has 1 aromatic heterocycles. The first kappa shape index (κ1) is 29.6. The largest absolute Gasteiger partial charge is 0.494 e. The molecule has 220 valence electrons. The number of aromatic nitrogens is 2. The lowest BCUT2D eigenvalue weighted by Crippen LogP contribution is -2.39. The highest BCUT2D eigenvalue weighted by Crippen LogP contribution is 2.39. The first-order chi connectivity index (χ1) is 20.3. The fraction of sp³-hybridized carbons (Fsp3) is 0.276. The van der Waals surface area contributed by atoms with Crippen LogP contribution in [0.3, 0.4) is 0 Å². The van der Waals surface area contributed by atoms with Crippen LogP contribution in [0, 0.1) is 5.92 Å². The molecule has 3 amide bonds. The first-order valence-corrected chi connectivity index (χ1v) is 13.1. The molecule has 0 spiro atoms. The van der Waals surface area contributed by atoms with Gasteiger partial charge in [-0.05, 0) is 49.2 Å². The Morgan fingerprint density at radius 1 is 0.952 bits per heavy atom. The summed E-state index contributed by atoms with van der Waals surface area (Å²) in [4.78, 5) is 47.5. The van der Waals surface area contributed by atoms with Gasteiger partial charge in [0.05, 0.1) is 38.4 Å². The number of benzene rings is 2. The molecular formula is C29H33N7O6. The lowest BCUT2D eigenvalue weighted by atomic mass is 9.95. The minimum atomic E-state index is -0.405. The number of carbonyl (C=O) groups is 3. The third-order valence-electron chi connectivity index (χ3n) is 6.79. The number of nitrogens with zero attached hydrogens (tertiary/aromatic N) is 3. The van der Waals surface area contributed by atoms with Crippen molar-refractivity contribution in [1.29, 1.82) is 0 Å². The molecule has 0 atom stereocenters. The van der Waals surface area contributed by atoms with Crippen molar-refractivity contribution in [2.75, 3.05) is 55.3 Å². The van der Waals surface area contributed by atoms with Crippen molar-refractivity contribution in [3.8, 4) is 17.2 Å². The molecule has 0 radical (unpaired) electrons. The molecule has 0 aliphatic carbocycles. The molecule has 3 aromatic rings. The zero-order valence-electron chi connectivity index (χ0n) is 23.6. The lowest BCUT2D eigenvalue weighted by Gasteiger charge is -2.34. The minimum Gasteiger partial charge on any atom is -0.494 e. The molecule has 0 bridgehead atoms. The average molecular weight is 576 g/mol. The Bertz CT molecular complexity index is 1490. The highest BCUT2D eigenvalue weighted by Gasteiger charge is 2.26. The fourth-order valence-electron chi connectivity index (χ4n) is 4.56. The van der Waals surface area contributed by atoms with Crippen molar-refractivity contribution in [2.24, 2.45) is 11.7 Å². The molecule has 1 fully saturated rings. The highest BCUT2D eigenvalue weighted by molar-refractivity contribution is 6.04. The first-order valence-electron chi connectivity index (χ1n) is 13.1. The zero-order chi connectivity index (χ0) is 30.2. The van der Waals surface area contributed by atoms with Crippen molar-refractivity contribution in [3.63, 3.8) is 0 Å². The van der Waals surface area contributed by atoms with E-state index in [4.69, 9.17) is 19.9 Å². The Kier molecular flexibility index (Phi) is 9.42. The summed E-state index contributed by atoms with van der Waals surface area (Å²) in [5.74, 6) is 0.508. The van der Waals surface area contributed by atoms with Gasteiger partial charge < -0.3 is 40.8 Å². The van der Waals surface area contributed by atoms with Crippen molar-refractivity contribution in [3.05, 3.63) is 60.8 Å². The van der Waals surface area contributed by atoms with Crippen LogP contribution in [0.25, 0.3) is 0 Å². The maximum atomic E-state index is 12.9. The number of anilines is 5. The van der Waals surface area contributed by atoms with E-state index in [0.717, 1.165) is 0 Å². The second kappa shape index (κ2) is 13.4. The van der Waals surface area contributed by atoms with Gasteiger partial charge in [0.1, 0.15) is 11.6 Å². The van der Waals surface area contributed by atoms with E-state index in [-0.39, 0.29) is 23.6 Å². The van der Waals surface area contributed by atoms with Crippen LogP contribution < -0.4 is 40.8 Å². The molecule has 4 rings (SSSR count). The van der Waals surface area contributed by atoms with Gasteiger partial charge in [-0.3, -0.25) is 14.4 Å². The molecule has 1 aliphatic heterocycles. The molecule has 1 saturated heterocycles. The van der Waals surface area contributed by atoms with Crippen molar-refractivity contribution >= 4 is 46.5 Å². The number of nitrogens with two attached hydrogens (primary N) is 1. The zero-order valence-corrected chi connectivity index (χ0v) is 23.6. The summed E-state index contributed by atoms with van der Waals surface area (Å²) >= 11 is 0. The number of nitrogens with one attached hydrogen (secondary N) is 3. The number of primary amides is 1. The van der Waals surface area contributed by atoms with Crippen molar-refractivity contribution in [2.45, 2.75) is 12.8 Å². The number of hydrogen-bond acceptors (Lipinski definition) is 10. The van der Waals surface area contributed by atoms with E-state index in [1.54, 1.807) is 36.4 Å². The van der Waals surface area contributed by atoms with Crippen LogP contribution in [-0.4, -0.2) is 62.1 Å². The molecule has 0 saturated carbocycles. The SMILES string of the molecule is C=CC(=O)Nc1cc(Nc2nccc(NC(=O)c3ccc(OC)c(OC)c3)n2)c(OC)cc1N1CCC(C(N)=O)CC1. The number of ether oxygens (including phenoxy) is 3. The monoisotopic (exact) mass is 575 g/mol. The van der Waals surface area contributed by atoms with Crippen LogP contribution in [0.15, 0.2) is 55.3 Å². The fourth-order valence-corrected chi connectivity index (χ4v) is 4.56. The molecule has 2 aromatic carbocycles. The topological polar surface area (TPSA) is 170 Å². The Balaban J connectivity index is 1.58. The van der Waals surface area contributed by atoms with Crippen LogP contribution in [0.4, 0.5) is 28.8 Å². The van der Waals surface area contributed by atoms with E-state index in [2.05, 4.69) is 37.4 Å². The second-order valence-corrected chi connectivity index (χ2v) is 9.34. The summed E-state index contributed by atoms with van der Waals surface area (Å²) in [5.41, 5.74) is 7.52. The van der Waals surface area contributed by atoms with Crippen LogP contribution >= 0.6 is 0 Å². The predicted octanol–water partition coefficient (Wildman–Crippen LogP) is 3.32. The van der Waals surface area contributed by atoms with Gasteiger partial charge >= 0.3 is 0 Å². The van der Waals surface area contributed by atoms with Crippen LogP contribution in [0.1, 0.15) is 23.2 Å². The Morgan fingerprint density at radius 2 is 1.67 bits per heavy atom. The van der Waals surface area contributed by atoms with Gasteiger partial charge in [-0.25, -0.2) is 4.98 Å². The number of rotatable bonds is 11. The molecule has 1 aliphatic rings. The summed E-state index contributed by atoms with van der Waals surface area (Å²) < 4.78 is 16.2. The number of amides is 3. The minimum absolute atomic E-state index is 0.175. The second-order valence-electron chi connectivity index (χ2n) is 9.34. The summed E-state index contributed by atoms with van der Waals surface area (Å²) in [6, 6.07) is 9.85. The van der Waals surface area contributed by atoms with Gasteiger partial charge in [0.25, 0.3) is 5.91 Å². The predicted molar refractivity (Wildman–Crippen MR) is 159 cm³/mol. The Hall–Kier alpha value is -5.33. The van der Waals surface area contributed by atoms with E-state index in [0.29, 0.717) is 65.8 Å². The number of methoxy groups -OCH3 is 3. The molecule has 5 N–H and O–H groups in total. The third kappa shape index (κ3) is 6.86. The molecule has 13 heteroatoms. The van der Waals surface area contributed by atoms with Gasteiger partial charge in [-0.15, -0.1) is 0 Å². The Morgan fingerprint density at radius 3 is 2.31 bits per heavy atom. The lowest BCUT2D eigenvalue weighted by molar-refractivity contribution is -0.122. The van der Waals surface area contributed by atoms with Gasteiger partial charge in [-0.1, -0.05) is 6.58 Å². The maximum Gasteiger partial charge on any atom is 0.256 e. The number of piperidine rings is 1. The van der Waals surface area contributed by atoms with E-state index < -0.39 is 11.8 Å². The maximum absolute atomic E-state index is 12.9. The van der Waals surface area contributed by atoms with E-state index in [9.17, 15) is 14.4 Å². The van der Waals surface area contributed by atoms with Gasteiger partial charge in [0, 0.05) is 36.8 Å². The van der Waals surface area contributed by atoms with Gasteiger partial charge in [0.15, 0.2) is 11.5 Å². The summed E-state index contributed by atoms with van der Waals surface area (Å²) in [6.45, 7) is 4.69. The smallest absolute Gasteiger partial charge is 0.256 e. The quantitative estimate of drug-likeness (QED) is 0.249. The van der Waals surface area contributed by atoms with Crippen molar-refractivity contribution in [1.82, 2.24) is 9.97 Å². The highest BCUT2D eigenvalue weighted by atomic mass is 16.5. The van der Waals surface area contributed by atoms with Crippen LogP contribution in [0.5, 0.6) is 17.2 Å². The number of carbonyl (C=O) groups excluding carboxylic acids is 3. The van der Waals surface area contributed by atoms with E-state index >= 15 is 0 Å². The molecule has 0 unspecified atom stereocenters. The molecular weight excluding hydrogens is 542 g/mol. The summed E-state index contributed by atoms with van der Waals surface area (Å²) in [6.07, 6.45) is 3.86. The van der Waals surface area contributed by atoms with E-state index in [1.807, 2.05) is 0 Å². The van der Waals surface area contributed by atoms with Gasteiger partial charge in [0.2, 0.25) is 17.8 Å². The van der Waals surface area contributed by atoms with E-state index in [1.165, 1.54) is 33.6 Å². The summed E-state index contributed by atoms with van der Waals surface area (Å²) in [7, 11) is 4.52. The average Bonchev–Trinajstić information content (AvgIpc) is 3.01. The standard InChI is InChI=1S/C29H33N7O6/c1-5-26(37)32-19-15-20(23(41-3)16-21(19)36-12-9-17(10-13-36)27(30)38)33-29-31-11-8-25(35-29)34-28(39)18-6-7-22(40-2)24(14-18)42-4/h5-8,11,14-17H,1,9-10,12-13H2,2-4H3,(H2,30,38)(H,32,37)(H2,31,33,34,35,39). The third-order valence-corrected chi connectivity index (χ3v) is 6.79. The van der Waals surface area contributed by atoms with Crippen LogP contribution in [0.2, 0.25) is 0 Å². The van der Waals surface area contributed by atoms with Crippen molar-refractivity contribution < 1.29 is 28.6 Å². The molecule has 2 heterocycles. The summed E-state index contributed by atoms with van der Waals surface area (Å²) in [5, 5.41) is 8.69. The Labute approximate surface area is 243 Å². The van der Waals surface area contributed by atoms with Gasteiger partial charge in [-0.2, -0.15) is 4.98 Å².